The number of carbonyl (C=O) groups is 1. The fraction of sp³-hybridized carbons (Fsp3) is 0.483. The van der Waals surface area contributed by atoms with E-state index in [1.807, 2.05) is 6.07 Å². The summed E-state index contributed by atoms with van der Waals surface area (Å²) in [6, 6.07) is 11.4. The van der Waals surface area contributed by atoms with Crippen molar-refractivity contribution in [3.8, 4) is 5.75 Å². The van der Waals surface area contributed by atoms with E-state index in [9.17, 15) is 15.0 Å². The van der Waals surface area contributed by atoms with E-state index in [4.69, 9.17) is 16.3 Å². The summed E-state index contributed by atoms with van der Waals surface area (Å²) in [7, 11) is 0. The van der Waals surface area contributed by atoms with Gasteiger partial charge in [-0.2, -0.15) is 0 Å². The molecule has 1 saturated carbocycles. The van der Waals surface area contributed by atoms with E-state index >= 15 is 0 Å². The van der Waals surface area contributed by atoms with Gasteiger partial charge in [-0.05, 0) is 91.3 Å². The number of anilines is 1. The van der Waals surface area contributed by atoms with E-state index in [0.29, 0.717) is 18.9 Å². The van der Waals surface area contributed by atoms with E-state index in [-0.39, 0.29) is 16.4 Å². The molecule has 0 aromatic heterocycles. The number of hydrogen-bond donors (Lipinski definition) is 2. The van der Waals surface area contributed by atoms with Crippen molar-refractivity contribution in [2.75, 3.05) is 24.6 Å². The SMILES string of the molecule is C=CCC(O)[C@@]1(C)CC[C@H]1CN1CC2(CCCc3cc(Cl)ccc32)COc2ccc(C(=O)O)cc21. The van der Waals surface area contributed by atoms with Crippen molar-refractivity contribution >= 4 is 23.3 Å². The number of fused-ring (bicyclic) bond motifs is 3. The molecule has 2 aromatic rings. The number of benzene rings is 2. The Labute approximate surface area is 212 Å². The zero-order valence-electron chi connectivity index (χ0n) is 20.3. The highest BCUT2D eigenvalue weighted by Crippen LogP contribution is 2.52. The lowest BCUT2D eigenvalue weighted by atomic mass is 9.57. The van der Waals surface area contributed by atoms with E-state index in [1.165, 1.54) is 11.1 Å². The van der Waals surface area contributed by atoms with Gasteiger partial charge in [-0.3, -0.25) is 0 Å². The van der Waals surface area contributed by atoms with Crippen LogP contribution in [0.15, 0.2) is 49.1 Å². The molecule has 5 nitrogen and oxygen atoms in total. The van der Waals surface area contributed by atoms with E-state index in [0.717, 1.165) is 61.7 Å². The maximum atomic E-state index is 11.8. The van der Waals surface area contributed by atoms with Gasteiger partial charge in [0.2, 0.25) is 0 Å². The first-order chi connectivity index (χ1) is 16.8. The minimum absolute atomic E-state index is 0.183. The maximum absolute atomic E-state index is 11.8. The maximum Gasteiger partial charge on any atom is 0.335 e. The molecular formula is C29H34ClNO4. The Morgan fingerprint density at radius 3 is 2.86 bits per heavy atom. The Bertz CT molecular complexity index is 1150. The molecule has 5 rings (SSSR count). The average Bonchev–Trinajstić information content (AvgIpc) is 2.98. The zero-order chi connectivity index (χ0) is 24.8. The Hall–Kier alpha value is -2.50. The summed E-state index contributed by atoms with van der Waals surface area (Å²) < 4.78 is 6.43. The molecule has 186 valence electrons. The number of aliphatic hydroxyl groups excluding tert-OH is 1. The summed E-state index contributed by atoms with van der Waals surface area (Å²) in [5, 5.41) is 21.3. The largest absolute Gasteiger partial charge is 0.490 e. The third-order valence-electron chi connectivity index (χ3n) is 8.84. The second kappa shape index (κ2) is 9.18. The van der Waals surface area contributed by atoms with Crippen LogP contribution >= 0.6 is 11.6 Å². The molecular weight excluding hydrogens is 462 g/mol. The monoisotopic (exact) mass is 495 g/mol. The highest BCUT2D eigenvalue weighted by molar-refractivity contribution is 6.30. The fourth-order valence-electron chi connectivity index (χ4n) is 6.48. The minimum Gasteiger partial charge on any atom is -0.490 e. The molecule has 3 aliphatic rings. The molecule has 2 N–H and O–H groups in total. The van der Waals surface area contributed by atoms with Gasteiger partial charge in [0.05, 0.1) is 24.0 Å². The van der Waals surface area contributed by atoms with Crippen LogP contribution in [0.4, 0.5) is 5.69 Å². The van der Waals surface area contributed by atoms with Crippen LogP contribution in [0.3, 0.4) is 0 Å². The van der Waals surface area contributed by atoms with Crippen LogP contribution in [-0.4, -0.2) is 42.0 Å². The highest BCUT2D eigenvalue weighted by atomic mass is 35.5. The number of ether oxygens (including phenoxy) is 1. The standard InChI is InChI=1S/C29H34ClNO4/c1-3-5-26(32)28(2)13-11-21(28)16-31-17-29(12-4-6-19-14-22(30)8-9-23(19)29)18-35-25-10-7-20(27(33)34)15-24(25)31/h3,7-10,14-15,21,26,32H,1,4-6,11-13,16-18H2,2H3,(H,33,34)/t21-,26?,28-,29?/m0/s1. The van der Waals surface area contributed by atoms with Crippen molar-refractivity contribution in [2.45, 2.75) is 57.0 Å². The number of nitrogens with zero attached hydrogens (tertiary/aromatic N) is 1. The lowest BCUT2D eigenvalue weighted by Crippen LogP contribution is -2.53. The predicted octanol–water partition coefficient (Wildman–Crippen LogP) is 5.86. The summed E-state index contributed by atoms with van der Waals surface area (Å²) in [6.07, 6.45) is 7.01. The van der Waals surface area contributed by atoms with Crippen molar-refractivity contribution in [3.05, 3.63) is 70.8 Å². The molecule has 1 fully saturated rings. The Morgan fingerprint density at radius 1 is 1.31 bits per heavy atom. The molecule has 0 radical (unpaired) electrons. The summed E-state index contributed by atoms with van der Waals surface area (Å²) >= 11 is 6.34. The zero-order valence-corrected chi connectivity index (χ0v) is 21.1. The van der Waals surface area contributed by atoms with Gasteiger partial charge >= 0.3 is 5.97 Å². The lowest BCUT2D eigenvalue weighted by Gasteiger charge is -2.52. The molecule has 1 aliphatic heterocycles. The molecule has 6 heteroatoms. The molecule has 35 heavy (non-hydrogen) atoms. The van der Waals surface area contributed by atoms with Crippen molar-refractivity contribution in [3.63, 3.8) is 0 Å². The van der Waals surface area contributed by atoms with E-state index in [2.05, 4.69) is 30.5 Å². The highest BCUT2D eigenvalue weighted by Gasteiger charge is 2.49. The average molecular weight is 496 g/mol. The number of halogens is 1. The number of rotatable bonds is 6. The molecule has 0 bridgehead atoms. The van der Waals surface area contributed by atoms with Crippen LogP contribution in [-0.2, 0) is 11.8 Å². The molecule has 2 unspecified atom stereocenters. The number of aromatic carboxylic acids is 1. The smallest absolute Gasteiger partial charge is 0.335 e. The normalized spacial score (nSPS) is 28.2. The molecule has 4 atom stereocenters. The van der Waals surface area contributed by atoms with Gasteiger partial charge < -0.3 is 19.8 Å². The minimum atomic E-state index is -0.945. The lowest BCUT2D eigenvalue weighted by molar-refractivity contribution is -0.0695. The van der Waals surface area contributed by atoms with Crippen molar-refractivity contribution in [1.29, 1.82) is 0 Å². The number of carboxylic acid groups (broad SMARTS) is 1. The van der Waals surface area contributed by atoms with Gasteiger partial charge in [0.25, 0.3) is 0 Å². The summed E-state index contributed by atoms with van der Waals surface area (Å²) in [5.41, 5.74) is 3.26. The van der Waals surface area contributed by atoms with E-state index in [1.54, 1.807) is 24.3 Å². The van der Waals surface area contributed by atoms with Crippen molar-refractivity contribution in [1.82, 2.24) is 0 Å². The topological polar surface area (TPSA) is 70.0 Å². The number of carboxylic acids is 1. The van der Waals surface area contributed by atoms with Crippen LogP contribution in [0, 0.1) is 11.3 Å². The fourth-order valence-corrected chi connectivity index (χ4v) is 6.68. The molecule has 1 heterocycles. The first kappa shape index (κ1) is 24.2. The predicted molar refractivity (Wildman–Crippen MR) is 139 cm³/mol. The van der Waals surface area contributed by atoms with Gasteiger partial charge in [0.1, 0.15) is 5.75 Å². The molecule has 0 amide bonds. The Morgan fingerprint density at radius 2 is 2.14 bits per heavy atom. The van der Waals surface area contributed by atoms with Crippen LogP contribution in [0.2, 0.25) is 5.02 Å². The number of hydrogen-bond acceptors (Lipinski definition) is 4. The van der Waals surface area contributed by atoms with Crippen LogP contribution in [0.25, 0.3) is 0 Å². The molecule has 1 spiro atoms. The first-order valence-corrected chi connectivity index (χ1v) is 13.0. The Balaban J connectivity index is 1.55. The Kier molecular flexibility index (Phi) is 6.35. The van der Waals surface area contributed by atoms with Gasteiger partial charge in [-0.15, -0.1) is 6.58 Å². The van der Waals surface area contributed by atoms with Crippen LogP contribution in [0.5, 0.6) is 5.75 Å². The van der Waals surface area contributed by atoms with Gasteiger partial charge in [-0.1, -0.05) is 30.7 Å². The molecule has 2 aliphatic carbocycles. The van der Waals surface area contributed by atoms with Crippen LogP contribution in [0.1, 0.15) is 60.5 Å². The number of aryl methyl sites for hydroxylation is 1. The summed E-state index contributed by atoms with van der Waals surface area (Å²) in [6.45, 7) is 8.01. The first-order valence-electron chi connectivity index (χ1n) is 12.6. The molecule has 0 saturated heterocycles. The molecule has 2 aromatic carbocycles. The second-order valence-corrected chi connectivity index (χ2v) is 11.3. The summed E-state index contributed by atoms with van der Waals surface area (Å²) in [5.74, 6) is 0.0714. The third-order valence-corrected chi connectivity index (χ3v) is 9.08. The third kappa shape index (κ3) is 4.23. The van der Waals surface area contributed by atoms with Crippen LogP contribution < -0.4 is 9.64 Å². The number of aliphatic hydroxyl groups is 1. The summed E-state index contributed by atoms with van der Waals surface area (Å²) in [4.78, 5) is 14.1. The van der Waals surface area contributed by atoms with Gasteiger partial charge in [0, 0.05) is 23.5 Å². The quantitative estimate of drug-likeness (QED) is 0.491. The van der Waals surface area contributed by atoms with E-state index < -0.39 is 12.1 Å². The van der Waals surface area contributed by atoms with Crippen molar-refractivity contribution < 1.29 is 19.7 Å². The van der Waals surface area contributed by atoms with Crippen molar-refractivity contribution in [2.24, 2.45) is 11.3 Å². The second-order valence-electron chi connectivity index (χ2n) is 10.9. The van der Waals surface area contributed by atoms with Gasteiger partial charge in [0.15, 0.2) is 0 Å². The van der Waals surface area contributed by atoms with Gasteiger partial charge in [-0.25, -0.2) is 4.79 Å².